The Balaban J connectivity index is 2.47. The van der Waals surface area contributed by atoms with Gasteiger partial charge in [0.25, 0.3) is 0 Å². The summed E-state index contributed by atoms with van der Waals surface area (Å²) in [6.45, 7) is -0.337. The molecular formula is C13H9ClF3NO2. The summed E-state index contributed by atoms with van der Waals surface area (Å²) in [4.78, 5) is 3.96. The molecule has 0 saturated carbocycles. The van der Waals surface area contributed by atoms with Gasteiger partial charge in [0.15, 0.2) is 0 Å². The molecule has 2 aromatic rings. The molecule has 0 aliphatic heterocycles. The van der Waals surface area contributed by atoms with Crippen LogP contribution in [0.15, 0.2) is 36.5 Å². The zero-order chi connectivity index (χ0) is 14.8. The number of para-hydroxylation sites is 1. The molecule has 0 spiro atoms. The van der Waals surface area contributed by atoms with Gasteiger partial charge in [0.2, 0.25) is 0 Å². The number of benzene rings is 1. The van der Waals surface area contributed by atoms with E-state index in [1.54, 1.807) is 6.07 Å². The molecule has 1 aromatic carbocycles. The number of aliphatic hydroxyl groups excluding tert-OH is 1. The van der Waals surface area contributed by atoms with E-state index < -0.39 is 6.36 Å². The number of nitrogens with zero attached hydrogens (tertiary/aromatic N) is 1. The molecule has 20 heavy (non-hydrogen) atoms. The monoisotopic (exact) mass is 303 g/mol. The Morgan fingerprint density at radius 1 is 1.25 bits per heavy atom. The van der Waals surface area contributed by atoms with Crippen LogP contribution in [0.3, 0.4) is 0 Å². The number of ether oxygens (including phenoxy) is 1. The first-order valence-electron chi connectivity index (χ1n) is 5.51. The predicted octanol–water partition coefficient (Wildman–Crippen LogP) is 3.79. The summed E-state index contributed by atoms with van der Waals surface area (Å²) in [5.74, 6) is -0.362. The Morgan fingerprint density at radius 3 is 2.60 bits per heavy atom. The van der Waals surface area contributed by atoms with Crippen LogP contribution in [-0.4, -0.2) is 16.5 Å². The van der Waals surface area contributed by atoms with Crippen LogP contribution >= 0.6 is 11.6 Å². The number of hydrogen-bond donors (Lipinski definition) is 1. The van der Waals surface area contributed by atoms with Crippen molar-refractivity contribution in [1.82, 2.24) is 4.98 Å². The molecule has 0 radical (unpaired) electrons. The Bertz CT molecular complexity index is 617. The SMILES string of the molecule is OCc1cc(-c2ccccc2OC(F)(F)F)ncc1Cl. The molecule has 0 aliphatic rings. The van der Waals surface area contributed by atoms with E-state index in [0.29, 0.717) is 5.56 Å². The van der Waals surface area contributed by atoms with Crippen LogP contribution < -0.4 is 4.74 Å². The molecule has 1 N–H and O–H groups in total. The molecule has 1 heterocycles. The highest BCUT2D eigenvalue weighted by atomic mass is 35.5. The van der Waals surface area contributed by atoms with E-state index >= 15 is 0 Å². The molecule has 106 valence electrons. The summed E-state index contributed by atoms with van der Waals surface area (Å²) in [5.41, 5.74) is 0.771. The van der Waals surface area contributed by atoms with Crippen LogP contribution in [0.4, 0.5) is 13.2 Å². The molecule has 0 atom stereocenters. The van der Waals surface area contributed by atoms with Crippen molar-refractivity contribution >= 4 is 11.6 Å². The Morgan fingerprint density at radius 2 is 1.95 bits per heavy atom. The van der Waals surface area contributed by atoms with Crippen LogP contribution in [0.2, 0.25) is 5.02 Å². The maximum atomic E-state index is 12.3. The second-order valence-electron chi connectivity index (χ2n) is 3.86. The summed E-state index contributed by atoms with van der Waals surface area (Å²) in [6, 6.07) is 7.04. The summed E-state index contributed by atoms with van der Waals surface area (Å²) in [5, 5.41) is 9.36. The number of alkyl halides is 3. The van der Waals surface area contributed by atoms with Crippen molar-refractivity contribution in [3.05, 3.63) is 47.1 Å². The summed E-state index contributed by atoms with van der Waals surface area (Å²) >= 11 is 5.80. The fraction of sp³-hybridized carbons (Fsp3) is 0.154. The van der Waals surface area contributed by atoms with Gasteiger partial charge in [0.05, 0.1) is 17.3 Å². The molecule has 0 aliphatic carbocycles. The van der Waals surface area contributed by atoms with Gasteiger partial charge in [-0.1, -0.05) is 23.7 Å². The topological polar surface area (TPSA) is 42.4 Å². The molecule has 1 aromatic heterocycles. The zero-order valence-corrected chi connectivity index (χ0v) is 10.7. The van der Waals surface area contributed by atoms with Gasteiger partial charge in [0.1, 0.15) is 5.75 Å². The summed E-state index contributed by atoms with van der Waals surface area (Å²) in [7, 11) is 0. The number of aromatic nitrogens is 1. The highest BCUT2D eigenvalue weighted by Gasteiger charge is 2.32. The van der Waals surface area contributed by atoms with Crippen molar-refractivity contribution in [3.63, 3.8) is 0 Å². The minimum absolute atomic E-state index is 0.163. The average molecular weight is 304 g/mol. The van der Waals surface area contributed by atoms with Crippen molar-refractivity contribution in [1.29, 1.82) is 0 Å². The zero-order valence-electron chi connectivity index (χ0n) is 9.99. The number of halogens is 4. The quantitative estimate of drug-likeness (QED) is 0.938. The van der Waals surface area contributed by atoms with Gasteiger partial charge in [0, 0.05) is 11.8 Å². The fourth-order valence-corrected chi connectivity index (χ4v) is 1.80. The minimum Gasteiger partial charge on any atom is -0.405 e. The van der Waals surface area contributed by atoms with E-state index in [1.807, 2.05) is 0 Å². The predicted molar refractivity (Wildman–Crippen MR) is 67.3 cm³/mol. The molecular weight excluding hydrogens is 295 g/mol. The number of pyridine rings is 1. The lowest BCUT2D eigenvalue weighted by atomic mass is 10.1. The van der Waals surface area contributed by atoms with Crippen molar-refractivity contribution < 1.29 is 23.0 Å². The molecule has 0 unspecified atom stereocenters. The van der Waals surface area contributed by atoms with Crippen molar-refractivity contribution in [3.8, 4) is 17.0 Å². The average Bonchev–Trinajstić information content (AvgIpc) is 2.38. The fourth-order valence-electron chi connectivity index (χ4n) is 1.64. The maximum Gasteiger partial charge on any atom is 0.573 e. The Labute approximate surface area is 117 Å². The Hall–Kier alpha value is -1.79. The van der Waals surface area contributed by atoms with Gasteiger partial charge in [-0.2, -0.15) is 0 Å². The third-order valence-corrected chi connectivity index (χ3v) is 2.83. The molecule has 2 rings (SSSR count). The summed E-state index contributed by atoms with van der Waals surface area (Å²) in [6.07, 6.45) is -3.52. The van der Waals surface area contributed by atoms with Gasteiger partial charge in [-0.3, -0.25) is 4.98 Å². The molecule has 0 fully saturated rings. The van der Waals surface area contributed by atoms with Crippen molar-refractivity contribution in [2.24, 2.45) is 0 Å². The maximum absolute atomic E-state index is 12.3. The molecule has 3 nitrogen and oxygen atoms in total. The highest BCUT2D eigenvalue weighted by molar-refractivity contribution is 6.31. The third kappa shape index (κ3) is 3.40. The van der Waals surface area contributed by atoms with E-state index in [0.717, 1.165) is 0 Å². The van der Waals surface area contributed by atoms with Crippen LogP contribution in [0.1, 0.15) is 5.56 Å². The van der Waals surface area contributed by atoms with E-state index in [1.165, 1.54) is 30.5 Å². The van der Waals surface area contributed by atoms with E-state index in [4.69, 9.17) is 16.7 Å². The number of aliphatic hydroxyl groups is 1. The van der Waals surface area contributed by atoms with Crippen molar-refractivity contribution in [2.75, 3.05) is 0 Å². The van der Waals surface area contributed by atoms with Gasteiger partial charge in [-0.25, -0.2) is 0 Å². The van der Waals surface area contributed by atoms with E-state index in [9.17, 15) is 13.2 Å². The highest BCUT2D eigenvalue weighted by Crippen LogP contribution is 2.33. The lowest BCUT2D eigenvalue weighted by Crippen LogP contribution is -2.17. The molecule has 7 heteroatoms. The van der Waals surface area contributed by atoms with Gasteiger partial charge in [-0.15, -0.1) is 13.2 Å². The second kappa shape index (κ2) is 5.68. The molecule has 0 bridgehead atoms. The first-order valence-corrected chi connectivity index (χ1v) is 5.89. The molecule has 0 saturated heterocycles. The first kappa shape index (κ1) is 14.6. The van der Waals surface area contributed by atoms with Gasteiger partial charge in [-0.05, 0) is 23.8 Å². The lowest BCUT2D eigenvalue weighted by Gasteiger charge is -2.13. The first-order chi connectivity index (χ1) is 9.40. The normalized spacial score (nSPS) is 11.4. The van der Waals surface area contributed by atoms with Crippen molar-refractivity contribution in [2.45, 2.75) is 13.0 Å². The van der Waals surface area contributed by atoms with Gasteiger partial charge < -0.3 is 9.84 Å². The standard InChI is InChI=1S/C13H9ClF3NO2/c14-10-6-18-11(5-8(10)7-19)9-3-1-2-4-12(9)20-13(15,16)17/h1-6,19H,7H2. The van der Waals surface area contributed by atoms with E-state index in [2.05, 4.69) is 9.72 Å². The van der Waals surface area contributed by atoms with Crippen LogP contribution in [0.5, 0.6) is 5.75 Å². The van der Waals surface area contributed by atoms with Gasteiger partial charge >= 0.3 is 6.36 Å². The number of rotatable bonds is 3. The number of hydrogen-bond acceptors (Lipinski definition) is 3. The van der Waals surface area contributed by atoms with Crippen LogP contribution in [0, 0.1) is 0 Å². The van der Waals surface area contributed by atoms with Crippen LogP contribution in [-0.2, 0) is 6.61 Å². The minimum atomic E-state index is -4.79. The largest absolute Gasteiger partial charge is 0.573 e. The van der Waals surface area contributed by atoms with Crippen LogP contribution in [0.25, 0.3) is 11.3 Å². The smallest absolute Gasteiger partial charge is 0.405 e. The third-order valence-electron chi connectivity index (χ3n) is 2.49. The van der Waals surface area contributed by atoms with E-state index in [-0.39, 0.29) is 28.6 Å². The molecule has 0 amide bonds. The second-order valence-corrected chi connectivity index (χ2v) is 4.27. The lowest BCUT2D eigenvalue weighted by molar-refractivity contribution is -0.274. The summed E-state index contributed by atoms with van der Waals surface area (Å²) < 4.78 is 41.0. The Kier molecular flexibility index (Phi) is 4.15.